The molecule has 6 heteroatoms. The fourth-order valence-corrected chi connectivity index (χ4v) is 10.1. The number of carbonyl (C=O) groups is 3. The van der Waals surface area contributed by atoms with Crippen LogP contribution in [0.3, 0.4) is 0 Å². The fourth-order valence-electron chi connectivity index (χ4n) is 10.1. The molecule has 0 spiro atoms. The highest BCUT2D eigenvalue weighted by Crippen LogP contribution is 2.17. The number of esters is 3. The summed E-state index contributed by atoms with van der Waals surface area (Å²) in [6, 6.07) is 0. The molecule has 0 aromatic rings. The highest BCUT2D eigenvalue weighted by molar-refractivity contribution is 5.71. The lowest BCUT2D eigenvalue weighted by atomic mass is 10.0. The van der Waals surface area contributed by atoms with E-state index in [2.05, 4.69) is 118 Å². The van der Waals surface area contributed by atoms with Gasteiger partial charge in [0.25, 0.3) is 0 Å². The molecule has 0 saturated carbocycles. The molecule has 0 aromatic heterocycles. The van der Waals surface area contributed by atoms with Gasteiger partial charge in [0.2, 0.25) is 0 Å². The Labute approximate surface area is 508 Å². The minimum Gasteiger partial charge on any atom is -0.462 e. The minimum absolute atomic E-state index is 0.0790. The first-order chi connectivity index (χ1) is 40.5. The summed E-state index contributed by atoms with van der Waals surface area (Å²) in [5.41, 5.74) is 0. The van der Waals surface area contributed by atoms with Crippen molar-refractivity contribution in [3.8, 4) is 0 Å². The first-order valence-corrected chi connectivity index (χ1v) is 35.2. The molecule has 472 valence electrons. The highest BCUT2D eigenvalue weighted by atomic mass is 16.6. The lowest BCUT2D eigenvalue weighted by Gasteiger charge is -2.18. The maximum atomic E-state index is 13.0. The summed E-state index contributed by atoms with van der Waals surface area (Å²) in [4.78, 5) is 38.5. The van der Waals surface area contributed by atoms with Gasteiger partial charge in [0.05, 0.1) is 0 Å². The van der Waals surface area contributed by atoms with Gasteiger partial charge in [-0.1, -0.05) is 323 Å². The number of unbranched alkanes of at least 4 members (excludes halogenated alkanes) is 37. The van der Waals surface area contributed by atoms with Gasteiger partial charge in [-0.3, -0.25) is 14.4 Å². The Balaban J connectivity index is 4.35. The molecule has 0 aliphatic heterocycles. The van der Waals surface area contributed by atoms with Crippen LogP contribution in [0.4, 0.5) is 0 Å². The smallest absolute Gasteiger partial charge is 0.306 e. The minimum atomic E-state index is -0.785. The van der Waals surface area contributed by atoms with E-state index in [1.165, 1.54) is 199 Å². The number of allylic oxidation sites excluding steroid dienone is 16. The molecule has 1 unspecified atom stereocenters. The molecule has 1 atom stereocenters. The van der Waals surface area contributed by atoms with Gasteiger partial charge in [0.1, 0.15) is 13.2 Å². The third-order valence-electron chi connectivity index (χ3n) is 15.3. The summed E-state index contributed by atoms with van der Waals surface area (Å²) in [6.45, 7) is 6.56. The van der Waals surface area contributed by atoms with Gasteiger partial charge in [0, 0.05) is 19.3 Å². The number of carbonyl (C=O) groups excluding carboxylic acids is 3. The monoisotopic (exact) mass is 1140 g/mol. The normalized spacial score (nSPS) is 12.7. The topological polar surface area (TPSA) is 78.9 Å². The fraction of sp³-hybridized carbons (Fsp3) is 0.750. The van der Waals surface area contributed by atoms with Crippen molar-refractivity contribution >= 4 is 17.9 Å². The van der Waals surface area contributed by atoms with Crippen molar-refractivity contribution in [1.82, 2.24) is 0 Å². The van der Waals surface area contributed by atoms with Crippen LogP contribution in [0.2, 0.25) is 0 Å². The molecular formula is C76H132O6. The van der Waals surface area contributed by atoms with E-state index in [4.69, 9.17) is 14.2 Å². The molecule has 0 aromatic carbocycles. The Morgan fingerprint density at radius 3 is 0.756 bits per heavy atom. The van der Waals surface area contributed by atoms with Gasteiger partial charge in [0.15, 0.2) is 6.10 Å². The number of ether oxygens (including phenoxy) is 3. The van der Waals surface area contributed by atoms with Gasteiger partial charge >= 0.3 is 17.9 Å². The number of rotatable bonds is 64. The lowest BCUT2D eigenvalue weighted by molar-refractivity contribution is -0.167. The van der Waals surface area contributed by atoms with Crippen LogP contribution >= 0.6 is 0 Å². The third kappa shape index (κ3) is 67.1. The first kappa shape index (κ1) is 78.3. The molecule has 0 N–H and O–H groups in total. The van der Waals surface area contributed by atoms with E-state index in [1.807, 2.05) is 0 Å². The zero-order valence-electron chi connectivity index (χ0n) is 54.2. The Bertz CT molecular complexity index is 1590. The predicted octanol–water partition coefficient (Wildman–Crippen LogP) is 24.4. The van der Waals surface area contributed by atoms with Crippen molar-refractivity contribution in [3.63, 3.8) is 0 Å². The second-order valence-corrected chi connectivity index (χ2v) is 23.4. The van der Waals surface area contributed by atoms with Crippen molar-refractivity contribution in [2.75, 3.05) is 13.2 Å². The molecule has 0 rings (SSSR count). The van der Waals surface area contributed by atoms with Crippen molar-refractivity contribution in [2.24, 2.45) is 0 Å². The van der Waals surface area contributed by atoms with Crippen LogP contribution in [0.15, 0.2) is 97.2 Å². The second kappa shape index (κ2) is 69.8. The molecule has 0 amide bonds. The Morgan fingerprint density at radius 1 is 0.256 bits per heavy atom. The van der Waals surface area contributed by atoms with E-state index in [0.717, 1.165) is 109 Å². The lowest BCUT2D eigenvalue weighted by Crippen LogP contribution is -2.30. The molecule has 0 heterocycles. The first-order valence-electron chi connectivity index (χ1n) is 35.2. The van der Waals surface area contributed by atoms with Crippen LogP contribution < -0.4 is 0 Å². The third-order valence-corrected chi connectivity index (χ3v) is 15.3. The molecule has 0 fully saturated rings. The molecule has 0 radical (unpaired) electrons. The standard InChI is InChI=1S/C76H132O6/c1-4-7-10-13-16-19-22-25-28-31-33-34-35-36-37-38-39-40-41-42-43-46-48-51-54-57-60-63-66-69-75(78)81-72-73(71-80-74(77)68-65-62-59-56-53-50-47-44-30-27-24-21-18-15-12-9-6-3)82-76(79)70-67-64-61-58-55-52-49-45-32-29-26-23-20-17-14-11-8-5-2/h7,10,16,19,25,28-29,32-34,36-37,39-40,42-43,73H,4-6,8-9,11-15,17-18,20-24,26-27,30-31,35,38,41,44-72H2,1-3H3/b10-7-,19-16-,28-25-,32-29-,34-33-,37-36-,40-39-,43-42-. The summed E-state index contributed by atoms with van der Waals surface area (Å²) in [5.74, 6) is -0.877. The number of hydrogen-bond acceptors (Lipinski definition) is 6. The van der Waals surface area contributed by atoms with E-state index in [1.54, 1.807) is 0 Å². The SMILES string of the molecule is CC/C=C\C/C=C\C/C=C\C/C=C\C/C=C\C/C=C\C/C=C\CCCCCCCCCC(=O)OCC(COC(=O)CCCCCCCCCCCCCCCCCCC)OC(=O)CCCCCCCCC/C=C\CCCCCCCCC. The van der Waals surface area contributed by atoms with E-state index < -0.39 is 6.10 Å². The van der Waals surface area contributed by atoms with Crippen molar-refractivity contribution < 1.29 is 28.6 Å². The van der Waals surface area contributed by atoms with Crippen LogP contribution in [-0.2, 0) is 28.6 Å². The largest absolute Gasteiger partial charge is 0.462 e. The van der Waals surface area contributed by atoms with Gasteiger partial charge in [-0.15, -0.1) is 0 Å². The predicted molar refractivity (Wildman–Crippen MR) is 357 cm³/mol. The van der Waals surface area contributed by atoms with Crippen LogP contribution in [-0.4, -0.2) is 37.2 Å². The maximum absolute atomic E-state index is 13.0. The van der Waals surface area contributed by atoms with Gasteiger partial charge in [-0.25, -0.2) is 0 Å². The maximum Gasteiger partial charge on any atom is 0.306 e. The zero-order chi connectivity index (χ0) is 59.2. The van der Waals surface area contributed by atoms with Gasteiger partial charge < -0.3 is 14.2 Å². The molecule has 0 saturated heterocycles. The average Bonchev–Trinajstić information content (AvgIpc) is 3.47. The van der Waals surface area contributed by atoms with Gasteiger partial charge in [-0.2, -0.15) is 0 Å². The van der Waals surface area contributed by atoms with E-state index in [0.29, 0.717) is 19.3 Å². The van der Waals surface area contributed by atoms with Crippen LogP contribution in [0.1, 0.15) is 348 Å². The summed E-state index contributed by atoms with van der Waals surface area (Å²) in [7, 11) is 0. The van der Waals surface area contributed by atoms with Gasteiger partial charge in [-0.05, 0) is 103 Å². The van der Waals surface area contributed by atoms with Crippen LogP contribution in [0.5, 0.6) is 0 Å². The molecule has 82 heavy (non-hydrogen) atoms. The summed E-state index contributed by atoms with van der Waals surface area (Å²) in [6.07, 6.45) is 94.2. The summed E-state index contributed by atoms with van der Waals surface area (Å²) in [5, 5.41) is 0. The van der Waals surface area contributed by atoms with Crippen molar-refractivity contribution in [1.29, 1.82) is 0 Å². The van der Waals surface area contributed by atoms with E-state index >= 15 is 0 Å². The van der Waals surface area contributed by atoms with Crippen molar-refractivity contribution in [2.45, 2.75) is 354 Å². The van der Waals surface area contributed by atoms with Crippen molar-refractivity contribution in [3.05, 3.63) is 97.2 Å². The van der Waals surface area contributed by atoms with Crippen LogP contribution in [0, 0.1) is 0 Å². The summed E-state index contributed by atoms with van der Waals surface area (Å²) < 4.78 is 17.0. The van der Waals surface area contributed by atoms with E-state index in [9.17, 15) is 14.4 Å². The summed E-state index contributed by atoms with van der Waals surface area (Å²) >= 11 is 0. The highest BCUT2D eigenvalue weighted by Gasteiger charge is 2.19. The Hall–Kier alpha value is -3.67. The van der Waals surface area contributed by atoms with Crippen LogP contribution in [0.25, 0.3) is 0 Å². The Kier molecular flexibility index (Phi) is 66.7. The Morgan fingerprint density at radius 2 is 0.476 bits per heavy atom. The van der Waals surface area contributed by atoms with E-state index in [-0.39, 0.29) is 31.1 Å². The molecule has 0 aliphatic carbocycles. The molecule has 6 nitrogen and oxygen atoms in total. The quantitative estimate of drug-likeness (QED) is 0.0261. The molecule has 0 bridgehead atoms. The average molecular weight is 1140 g/mol. The number of hydrogen-bond donors (Lipinski definition) is 0. The second-order valence-electron chi connectivity index (χ2n) is 23.4. The zero-order valence-corrected chi connectivity index (χ0v) is 54.2. The molecular weight excluding hydrogens is 1010 g/mol. The molecule has 0 aliphatic rings.